The standard InChI is InChI=1S/C21H21ClN2O4/c1-3-27-20(25)18-13(2)23-21(26)24-19(18)15-7-5-9-17(11-15)28-12-14-6-4-8-16(22)10-14/h4-11,19H,3,12H2,1-2H3,(H2,23,24,26). The third-order valence-corrected chi connectivity index (χ3v) is 4.49. The number of amides is 2. The predicted molar refractivity (Wildman–Crippen MR) is 106 cm³/mol. The van der Waals surface area contributed by atoms with E-state index in [0.29, 0.717) is 28.6 Å². The molecule has 0 bridgehead atoms. The fourth-order valence-electron chi connectivity index (χ4n) is 3.00. The summed E-state index contributed by atoms with van der Waals surface area (Å²) in [4.78, 5) is 24.4. The Hall–Kier alpha value is -2.99. The van der Waals surface area contributed by atoms with Crippen LogP contribution in [-0.2, 0) is 16.1 Å². The van der Waals surface area contributed by atoms with E-state index in [1.807, 2.05) is 36.4 Å². The Morgan fingerprint density at radius 2 is 1.96 bits per heavy atom. The lowest BCUT2D eigenvalue weighted by Gasteiger charge is -2.28. The SMILES string of the molecule is CCOC(=O)C1=C(C)NC(=O)NC1c1cccc(OCc2cccc(Cl)c2)c1. The molecule has 0 spiro atoms. The average Bonchev–Trinajstić information content (AvgIpc) is 2.66. The van der Waals surface area contributed by atoms with E-state index in [9.17, 15) is 9.59 Å². The van der Waals surface area contributed by atoms with Crippen molar-refractivity contribution in [2.24, 2.45) is 0 Å². The molecule has 1 atom stereocenters. The van der Waals surface area contributed by atoms with Gasteiger partial charge in [0.25, 0.3) is 0 Å². The monoisotopic (exact) mass is 400 g/mol. The minimum atomic E-state index is -0.623. The lowest BCUT2D eigenvalue weighted by molar-refractivity contribution is -0.139. The van der Waals surface area contributed by atoms with E-state index in [4.69, 9.17) is 21.1 Å². The van der Waals surface area contributed by atoms with Crippen LogP contribution in [0.1, 0.15) is 31.0 Å². The average molecular weight is 401 g/mol. The molecule has 3 rings (SSSR count). The summed E-state index contributed by atoms with van der Waals surface area (Å²) in [6, 6.07) is 13.7. The molecule has 0 saturated heterocycles. The largest absolute Gasteiger partial charge is 0.489 e. The molecule has 1 heterocycles. The van der Waals surface area contributed by atoms with E-state index in [-0.39, 0.29) is 12.6 Å². The first-order chi connectivity index (χ1) is 13.5. The van der Waals surface area contributed by atoms with Crippen LogP contribution < -0.4 is 15.4 Å². The molecule has 0 aliphatic carbocycles. The molecule has 1 aliphatic rings. The van der Waals surface area contributed by atoms with E-state index >= 15 is 0 Å². The summed E-state index contributed by atoms with van der Waals surface area (Å²) in [7, 11) is 0. The van der Waals surface area contributed by atoms with Crippen LogP contribution in [0.4, 0.5) is 4.79 Å². The predicted octanol–water partition coefficient (Wildman–Crippen LogP) is 4.11. The molecule has 146 valence electrons. The number of nitrogens with one attached hydrogen (secondary N) is 2. The van der Waals surface area contributed by atoms with Crippen LogP contribution in [0.5, 0.6) is 5.75 Å². The van der Waals surface area contributed by atoms with Crippen molar-refractivity contribution < 1.29 is 19.1 Å². The number of esters is 1. The maximum atomic E-state index is 12.4. The highest BCUT2D eigenvalue weighted by atomic mass is 35.5. The van der Waals surface area contributed by atoms with E-state index in [1.54, 1.807) is 26.0 Å². The second kappa shape index (κ2) is 8.80. The Morgan fingerprint density at radius 3 is 2.71 bits per heavy atom. The molecule has 1 aliphatic heterocycles. The van der Waals surface area contributed by atoms with Crippen molar-refractivity contribution in [3.63, 3.8) is 0 Å². The van der Waals surface area contributed by atoms with Gasteiger partial charge < -0.3 is 20.1 Å². The lowest BCUT2D eigenvalue weighted by Crippen LogP contribution is -2.45. The maximum Gasteiger partial charge on any atom is 0.338 e. The van der Waals surface area contributed by atoms with Gasteiger partial charge in [0.15, 0.2) is 0 Å². The van der Waals surface area contributed by atoms with Crippen LogP contribution in [-0.4, -0.2) is 18.6 Å². The summed E-state index contributed by atoms with van der Waals surface area (Å²) in [6.07, 6.45) is 0. The molecule has 2 amide bonds. The van der Waals surface area contributed by atoms with Crippen LogP contribution >= 0.6 is 11.6 Å². The third kappa shape index (κ3) is 4.64. The number of halogens is 1. The molecular formula is C21H21ClN2O4. The zero-order valence-electron chi connectivity index (χ0n) is 15.6. The van der Waals surface area contributed by atoms with Crippen LogP contribution in [0, 0.1) is 0 Å². The van der Waals surface area contributed by atoms with Gasteiger partial charge in [-0.25, -0.2) is 9.59 Å². The first kappa shape index (κ1) is 19.8. The molecule has 0 aromatic heterocycles. The van der Waals surface area contributed by atoms with E-state index in [0.717, 1.165) is 11.1 Å². The zero-order chi connectivity index (χ0) is 20.1. The summed E-state index contributed by atoms with van der Waals surface area (Å²) in [6.45, 7) is 4.01. The van der Waals surface area contributed by atoms with Gasteiger partial charge in [0, 0.05) is 10.7 Å². The number of carbonyl (C=O) groups excluding carboxylic acids is 2. The fourth-order valence-corrected chi connectivity index (χ4v) is 3.21. The van der Waals surface area contributed by atoms with Gasteiger partial charge >= 0.3 is 12.0 Å². The molecule has 0 saturated carbocycles. The molecular weight excluding hydrogens is 380 g/mol. The van der Waals surface area contributed by atoms with E-state index < -0.39 is 12.0 Å². The van der Waals surface area contributed by atoms with Crippen LogP contribution in [0.25, 0.3) is 0 Å². The number of carbonyl (C=O) groups is 2. The van der Waals surface area contributed by atoms with Gasteiger partial charge in [0.2, 0.25) is 0 Å². The van der Waals surface area contributed by atoms with Crippen molar-refractivity contribution >= 4 is 23.6 Å². The number of hydrogen-bond acceptors (Lipinski definition) is 4. The topological polar surface area (TPSA) is 76.7 Å². The highest BCUT2D eigenvalue weighted by Gasteiger charge is 2.32. The first-order valence-electron chi connectivity index (χ1n) is 8.90. The number of benzene rings is 2. The van der Waals surface area contributed by atoms with E-state index in [1.165, 1.54) is 0 Å². The van der Waals surface area contributed by atoms with Crippen LogP contribution in [0.2, 0.25) is 5.02 Å². The van der Waals surface area contributed by atoms with E-state index in [2.05, 4.69) is 10.6 Å². The summed E-state index contributed by atoms with van der Waals surface area (Å²) in [5.41, 5.74) is 2.50. The van der Waals surface area contributed by atoms with Gasteiger partial charge in [-0.2, -0.15) is 0 Å². The number of allylic oxidation sites excluding steroid dienone is 1. The van der Waals surface area contributed by atoms with Gasteiger partial charge in [0.05, 0.1) is 18.2 Å². The van der Waals surface area contributed by atoms with Gasteiger partial charge in [-0.15, -0.1) is 0 Å². The second-order valence-electron chi connectivity index (χ2n) is 6.28. The van der Waals surface area contributed by atoms with Crippen LogP contribution in [0.3, 0.4) is 0 Å². The fraction of sp³-hybridized carbons (Fsp3) is 0.238. The molecule has 2 N–H and O–H groups in total. The summed E-state index contributed by atoms with van der Waals surface area (Å²) in [5, 5.41) is 6.04. The Labute approximate surface area is 168 Å². The molecule has 0 radical (unpaired) electrons. The summed E-state index contributed by atoms with van der Waals surface area (Å²) >= 11 is 6.00. The van der Waals surface area contributed by atoms with Crippen molar-refractivity contribution in [3.05, 3.63) is 76.0 Å². The number of rotatable bonds is 6. The van der Waals surface area contributed by atoms with Crippen molar-refractivity contribution in [1.29, 1.82) is 0 Å². The quantitative estimate of drug-likeness (QED) is 0.715. The maximum absolute atomic E-state index is 12.4. The lowest BCUT2D eigenvalue weighted by atomic mass is 9.95. The molecule has 0 fully saturated rings. The van der Waals surface area contributed by atoms with Gasteiger partial charge in [0.1, 0.15) is 12.4 Å². The molecule has 28 heavy (non-hydrogen) atoms. The van der Waals surface area contributed by atoms with Crippen LogP contribution in [0.15, 0.2) is 59.8 Å². The Kier molecular flexibility index (Phi) is 6.21. The van der Waals surface area contributed by atoms with Gasteiger partial charge in [-0.3, -0.25) is 0 Å². The second-order valence-corrected chi connectivity index (χ2v) is 6.72. The number of ether oxygens (including phenoxy) is 2. The molecule has 2 aromatic carbocycles. The molecule has 1 unspecified atom stereocenters. The highest BCUT2D eigenvalue weighted by Crippen LogP contribution is 2.30. The molecule has 2 aromatic rings. The van der Waals surface area contributed by atoms with Crippen molar-refractivity contribution in [2.45, 2.75) is 26.5 Å². The Balaban J connectivity index is 1.83. The summed E-state index contributed by atoms with van der Waals surface area (Å²) < 4.78 is 11.0. The minimum absolute atomic E-state index is 0.249. The summed E-state index contributed by atoms with van der Waals surface area (Å²) in [5.74, 6) is 0.147. The Bertz CT molecular complexity index is 926. The first-order valence-corrected chi connectivity index (χ1v) is 9.28. The smallest absolute Gasteiger partial charge is 0.338 e. The zero-order valence-corrected chi connectivity index (χ0v) is 16.4. The van der Waals surface area contributed by atoms with Crippen molar-refractivity contribution in [1.82, 2.24) is 10.6 Å². The number of hydrogen-bond donors (Lipinski definition) is 2. The third-order valence-electron chi connectivity index (χ3n) is 4.25. The minimum Gasteiger partial charge on any atom is -0.489 e. The van der Waals surface area contributed by atoms with Crippen molar-refractivity contribution in [2.75, 3.05) is 6.61 Å². The number of urea groups is 1. The van der Waals surface area contributed by atoms with Gasteiger partial charge in [-0.05, 0) is 49.2 Å². The normalized spacial score (nSPS) is 16.2. The van der Waals surface area contributed by atoms with Crippen molar-refractivity contribution in [3.8, 4) is 5.75 Å². The molecule has 7 heteroatoms. The van der Waals surface area contributed by atoms with Gasteiger partial charge in [-0.1, -0.05) is 35.9 Å². The molecule has 6 nitrogen and oxygen atoms in total. The Morgan fingerprint density at radius 1 is 1.18 bits per heavy atom. The highest BCUT2D eigenvalue weighted by molar-refractivity contribution is 6.30.